The summed E-state index contributed by atoms with van der Waals surface area (Å²) in [5, 5.41) is 0.476. The molecule has 0 saturated carbocycles. The number of ketones is 2. The van der Waals surface area contributed by atoms with Gasteiger partial charge < -0.3 is 9.47 Å². The minimum atomic E-state index is -2.12. The van der Waals surface area contributed by atoms with Gasteiger partial charge in [0.05, 0.1) is 30.2 Å². The van der Waals surface area contributed by atoms with Gasteiger partial charge in [-0.3, -0.25) is 19.2 Å². The van der Waals surface area contributed by atoms with Crippen molar-refractivity contribution < 1.29 is 28.7 Å². The van der Waals surface area contributed by atoms with Gasteiger partial charge in [0.1, 0.15) is 5.75 Å². The predicted molar refractivity (Wildman–Crippen MR) is 130 cm³/mol. The third-order valence-corrected chi connectivity index (χ3v) is 7.38. The Kier molecular flexibility index (Phi) is 5.10. The summed E-state index contributed by atoms with van der Waals surface area (Å²) < 4.78 is 11.9. The van der Waals surface area contributed by atoms with E-state index in [1.807, 2.05) is 0 Å². The van der Waals surface area contributed by atoms with E-state index in [0.29, 0.717) is 22.9 Å². The highest BCUT2D eigenvalue weighted by atomic mass is 35.5. The number of imide groups is 1. The molecule has 2 heterocycles. The second-order valence-electron chi connectivity index (χ2n) is 8.95. The van der Waals surface area contributed by atoms with Gasteiger partial charge in [0, 0.05) is 16.1 Å². The van der Waals surface area contributed by atoms with Crippen molar-refractivity contribution in [2.45, 2.75) is 18.6 Å². The van der Waals surface area contributed by atoms with Gasteiger partial charge in [-0.1, -0.05) is 60.1 Å². The van der Waals surface area contributed by atoms with Gasteiger partial charge in [0.15, 0.2) is 0 Å². The first-order valence-electron chi connectivity index (χ1n) is 11.6. The van der Waals surface area contributed by atoms with Crippen LogP contribution in [0, 0.1) is 11.8 Å². The van der Waals surface area contributed by atoms with E-state index >= 15 is 0 Å². The van der Waals surface area contributed by atoms with Gasteiger partial charge in [-0.05, 0) is 36.8 Å². The molecule has 2 aliphatic heterocycles. The molecule has 6 rings (SSSR count). The number of rotatable bonds is 4. The highest BCUT2D eigenvalue weighted by Crippen LogP contribution is 2.58. The second kappa shape index (κ2) is 8.11. The molecule has 3 aliphatic rings. The third-order valence-electron chi connectivity index (χ3n) is 7.12. The van der Waals surface area contributed by atoms with Gasteiger partial charge in [0.2, 0.25) is 29.0 Å². The number of Topliss-reactive ketones (excluding diaryl/α,β-unsaturated/α-hetero) is 2. The first-order valence-corrected chi connectivity index (χ1v) is 12.0. The first-order chi connectivity index (χ1) is 17.4. The van der Waals surface area contributed by atoms with E-state index < -0.39 is 46.9 Å². The second-order valence-corrected chi connectivity index (χ2v) is 9.38. The Morgan fingerprint density at radius 3 is 2.11 bits per heavy atom. The topological polar surface area (TPSA) is 90.0 Å². The number of halogens is 1. The van der Waals surface area contributed by atoms with Crippen molar-refractivity contribution in [1.82, 2.24) is 0 Å². The number of ether oxygens (including phenoxy) is 2. The van der Waals surface area contributed by atoms with Crippen LogP contribution in [-0.4, -0.2) is 35.6 Å². The summed E-state index contributed by atoms with van der Waals surface area (Å²) in [5.74, 6) is -4.48. The Bertz CT molecular complexity index is 1410. The minimum Gasteiger partial charge on any atom is -0.492 e. The highest BCUT2D eigenvalue weighted by Gasteiger charge is 2.74. The van der Waals surface area contributed by atoms with Crippen molar-refractivity contribution in [3.63, 3.8) is 0 Å². The largest absolute Gasteiger partial charge is 0.492 e. The SMILES string of the molecule is CCOc1ccccc1N1C(=O)C2C(c3ccc(Cl)cc3)OC3(C(=O)c4ccccc4C3=O)C2C1=O. The van der Waals surface area contributed by atoms with Crippen LogP contribution in [-0.2, 0) is 14.3 Å². The molecule has 1 aliphatic carbocycles. The Labute approximate surface area is 211 Å². The van der Waals surface area contributed by atoms with Crippen molar-refractivity contribution in [3.8, 4) is 5.75 Å². The Morgan fingerprint density at radius 2 is 1.47 bits per heavy atom. The van der Waals surface area contributed by atoms with Crippen LogP contribution in [0.1, 0.15) is 39.3 Å². The number of hydrogen-bond donors (Lipinski definition) is 0. The number of fused-ring (bicyclic) bond motifs is 3. The molecule has 180 valence electrons. The molecular formula is C28H20ClNO6. The fourth-order valence-corrected chi connectivity index (χ4v) is 5.75. The fourth-order valence-electron chi connectivity index (χ4n) is 5.63. The van der Waals surface area contributed by atoms with Gasteiger partial charge >= 0.3 is 0 Å². The summed E-state index contributed by atoms with van der Waals surface area (Å²) >= 11 is 6.07. The van der Waals surface area contributed by atoms with E-state index in [4.69, 9.17) is 21.1 Å². The van der Waals surface area contributed by atoms with E-state index in [1.165, 1.54) is 0 Å². The fraction of sp³-hybridized carbons (Fsp3) is 0.214. The molecule has 0 radical (unpaired) electrons. The van der Waals surface area contributed by atoms with E-state index in [2.05, 4.69) is 0 Å². The average molecular weight is 502 g/mol. The summed E-state index contributed by atoms with van der Waals surface area (Å²) in [6, 6.07) is 19.7. The van der Waals surface area contributed by atoms with Crippen LogP contribution in [0.4, 0.5) is 5.69 Å². The van der Waals surface area contributed by atoms with Crippen LogP contribution in [0.15, 0.2) is 72.8 Å². The van der Waals surface area contributed by atoms with Crippen molar-refractivity contribution >= 4 is 40.7 Å². The highest BCUT2D eigenvalue weighted by molar-refractivity contribution is 6.37. The minimum absolute atomic E-state index is 0.187. The molecule has 3 unspecified atom stereocenters. The molecule has 3 aromatic rings. The molecule has 36 heavy (non-hydrogen) atoms. The Balaban J connectivity index is 1.54. The molecule has 3 atom stereocenters. The smallest absolute Gasteiger partial charge is 0.241 e. The normalized spacial score (nSPS) is 23.9. The van der Waals surface area contributed by atoms with E-state index in [0.717, 1.165) is 4.90 Å². The summed E-state index contributed by atoms with van der Waals surface area (Å²) in [7, 11) is 0. The number of benzene rings is 3. The standard InChI is InChI=1S/C28H20ClNO6/c1-2-35-20-10-6-5-9-19(20)30-26(33)21-22(27(30)34)28(36-23(21)15-11-13-16(29)14-12-15)24(31)17-7-3-4-8-18(17)25(28)32/h3-14,21-23H,2H2,1H3. The molecule has 0 bridgehead atoms. The van der Waals surface area contributed by atoms with E-state index in [1.54, 1.807) is 79.7 Å². The zero-order valence-electron chi connectivity index (χ0n) is 19.1. The molecule has 1 spiro atoms. The van der Waals surface area contributed by atoms with E-state index in [-0.39, 0.29) is 16.8 Å². The van der Waals surface area contributed by atoms with Crippen molar-refractivity contribution in [2.24, 2.45) is 11.8 Å². The quantitative estimate of drug-likeness (QED) is 0.388. The average Bonchev–Trinajstić information content (AvgIpc) is 3.45. The summed E-state index contributed by atoms with van der Waals surface area (Å²) in [6.07, 6.45) is -1.00. The van der Waals surface area contributed by atoms with Gasteiger partial charge in [-0.25, -0.2) is 4.90 Å². The summed E-state index contributed by atoms with van der Waals surface area (Å²) in [6.45, 7) is 2.12. The summed E-state index contributed by atoms with van der Waals surface area (Å²) in [5.41, 5.74) is -0.938. The van der Waals surface area contributed by atoms with Crippen molar-refractivity contribution in [3.05, 3.63) is 94.5 Å². The number of carbonyl (C=O) groups excluding carboxylic acids is 4. The van der Waals surface area contributed by atoms with Crippen molar-refractivity contribution in [1.29, 1.82) is 0 Å². The van der Waals surface area contributed by atoms with Crippen LogP contribution >= 0.6 is 11.6 Å². The zero-order valence-corrected chi connectivity index (χ0v) is 19.9. The number of para-hydroxylation sites is 2. The molecule has 3 aromatic carbocycles. The van der Waals surface area contributed by atoms with Crippen LogP contribution in [0.2, 0.25) is 5.02 Å². The van der Waals surface area contributed by atoms with Crippen LogP contribution in [0.5, 0.6) is 5.75 Å². The predicted octanol–water partition coefficient (Wildman–Crippen LogP) is 4.43. The van der Waals surface area contributed by atoms with Crippen LogP contribution in [0.3, 0.4) is 0 Å². The molecule has 2 amide bonds. The zero-order chi connectivity index (χ0) is 25.2. The maximum Gasteiger partial charge on any atom is 0.241 e. The maximum atomic E-state index is 14.0. The van der Waals surface area contributed by atoms with Crippen molar-refractivity contribution in [2.75, 3.05) is 11.5 Å². The number of hydrogen-bond acceptors (Lipinski definition) is 6. The lowest BCUT2D eigenvalue weighted by Crippen LogP contribution is -2.51. The number of nitrogens with zero attached hydrogens (tertiary/aromatic N) is 1. The molecule has 0 N–H and O–H groups in total. The number of carbonyl (C=O) groups is 4. The lowest BCUT2D eigenvalue weighted by Gasteiger charge is -2.27. The Hall–Kier alpha value is -3.81. The molecule has 2 saturated heterocycles. The Morgan fingerprint density at radius 1 is 0.861 bits per heavy atom. The van der Waals surface area contributed by atoms with E-state index in [9.17, 15) is 19.2 Å². The molecule has 0 aromatic heterocycles. The lowest BCUT2D eigenvalue weighted by atomic mass is 9.77. The number of anilines is 1. The third kappa shape index (κ3) is 2.90. The van der Waals surface area contributed by atoms with Gasteiger partial charge in [-0.2, -0.15) is 0 Å². The lowest BCUT2D eigenvalue weighted by molar-refractivity contribution is -0.127. The molecular weight excluding hydrogens is 482 g/mol. The molecule has 8 heteroatoms. The number of amides is 2. The molecule has 2 fully saturated rings. The monoisotopic (exact) mass is 501 g/mol. The van der Waals surface area contributed by atoms with Gasteiger partial charge in [0.25, 0.3) is 0 Å². The molecule has 7 nitrogen and oxygen atoms in total. The van der Waals surface area contributed by atoms with Crippen LogP contribution < -0.4 is 9.64 Å². The van der Waals surface area contributed by atoms with Gasteiger partial charge in [-0.15, -0.1) is 0 Å². The van der Waals surface area contributed by atoms with Crippen LogP contribution in [0.25, 0.3) is 0 Å². The first kappa shape index (κ1) is 22.6. The maximum absolute atomic E-state index is 14.0. The summed E-state index contributed by atoms with van der Waals surface area (Å²) in [4.78, 5) is 56.6.